The number of hydrogen-bond donors (Lipinski definition) is 2. The molecule has 3 heteroatoms. The number of benzene rings is 1. The number of halogens is 1. The number of aliphatic hydroxyl groups is 1. The van der Waals surface area contributed by atoms with Crippen LogP contribution in [0.5, 0.6) is 0 Å². The molecule has 0 unspecified atom stereocenters. The Hall–Kier alpha value is -0.990. The summed E-state index contributed by atoms with van der Waals surface area (Å²) in [7, 11) is 0. The molecule has 0 aliphatic heterocycles. The van der Waals surface area contributed by atoms with E-state index < -0.39 is 0 Å². The minimum absolute atomic E-state index is 0.0176. The zero-order valence-electron chi connectivity index (χ0n) is 6.34. The quantitative estimate of drug-likeness (QED) is 0.696. The van der Waals surface area contributed by atoms with Gasteiger partial charge in [0, 0.05) is 22.7 Å². The van der Waals surface area contributed by atoms with Crippen LogP contribution in [0.1, 0.15) is 5.56 Å². The predicted octanol–water partition coefficient (Wildman–Crippen LogP) is 2.31. The third-order valence-corrected chi connectivity index (χ3v) is 2.22. The summed E-state index contributed by atoms with van der Waals surface area (Å²) in [4.78, 5) is 3.04. The Bertz CT molecular complexity index is 408. The number of aliphatic hydroxyl groups excluding tert-OH is 1. The van der Waals surface area contributed by atoms with Gasteiger partial charge in [0.1, 0.15) is 0 Å². The molecule has 0 spiro atoms. The number of fused-ring (bicyclic) bond motifs is 1. The molecule has 0 bridgehead atoms. The summed E-state index contributed by atoms with van der Waals surface area (Å²) in [5, 5.41) is 10.6. The normalized spacial score (nSPS) is 10.8. The summed E-state index contributed by atoms with van der Waals surface area (Å²) in [6.45, 7) is 0.0176. The maximum absolute atomic E-state index is 8.97. The lowest BCUT2D eigenvalue weighted by Crippen LogP contribution is -1.78. The van der Waals surface area contributed by atoms with Crippen LogP contribution >= 0.6 is 11.6 Å². The van der Waals surface area contributed by atoms with Crippen molar-refractivity contribution in [2.75, 3.05) is 0 Å². The highest BCUT2D eigenvalue weighted by Gasteiger charge is 2.04. The third kappa shape index (κ3) is 1.00. The molecule has 2 N–H and O–H groups in total. The molecule has 0 atom stereocenters. The zero-order chi connectivity index (χ0) is 8.55. The Morgan fingerprint density at radius 3 is 3.00 bits per heavy atom. The van der Waals surface area contributed by atoms with Crippen LogP contribution in [-0.2, 0) is 6.61 Å². The van der Waals surface area contributed by atoms with Crippen molar-refractivity contribution in [2.45, 2.75) is 6.61 Å². The van der Waals surface area contributed by atoms with Gasteiger partial charge in [-0.25, -0.2) is 0 Å². The monoisotopic (exact) mass is 181 g/mol. The summed E-state index contributed by atoms with van der Waals surface area (Å²) in [5.74, 6) is 0. The molecule has 2 aromatic rings. The number of aromatic nitrogens is 1. The second-order valence-electron chi connectivity index (χ2n) is 2.63. The molecule has 0 radical (unpaired) electrons. The van der Waals surface area contributed by atoms with Crippen molar-refractivity contribution in [1.82, 2.24) is 4.98 Å². The van der Waals surface area contributed by atoms with Crippen LogP contribution in [0.4, 0.5) is 0 Å². The van der Waals surface area contributed by atoms with Crippen molar-refractivity contribution >= 4 is 22.5 Å². The summed E-state index contributed by atoms with van der Waals surface area (Å²) in [6, 6.07) is 5.62. The fourth-order valence-electron chi connectivity index (χ4n) is 1.33. The van der Waals surface area contributed by atoms with Crippen LogP contribution in [0.15, 0.2) is 24.4 Å². The fourth-order valence-corrected chi connectivity index (χ4v) is 1.63. The first kappa shape index (κ1) is 7.65. The van der Waals surface area contributed by atoms with Crippen molar-refractivity contribution < 1.29 is 5.11 Å². The average Bonchev–Trinajstić information content (AvgIpc) is 2.49. The van der Waals surface area contributed by atoms with E-state index in [0.29, 0.717) is 5.02 Å². The highest BCUT2D eigenvalue weighted by Crippen LogP contribution is 2.26. The van der Waals surface area contributed by atoms with Crippen molar-refractivity contribution in [3.05, 3.63) is 35.0 Å². The first-order chi connectivity index (χ1) is 5.83. The number of aromatic amines is 1. The van der Waals surface area contributed by atoms with Gasteiger partial charge in [-0.2, -0.15) is 0 Å². The van der Waals surface area contributed by atoms with E-state index >= 15 is 0 Å². The molecule has 2 rings (SSSR count). The van der Waals surface area contributed by atoms with Gasteiger partial charge in [0.05, 0.1) is 11.6 Å². The molecule has 1 aromatic heterocycles. The van der Waals surface area contributed by atoms with Gasteiger partial charge in [0.15, 0.2) is 0 Å². The van der Waals surface area contributed by atoms with E-state index in [-0.39, 0.29) is 6.61 Å². The highest BCUT2D eigenvalue weighted by molar-refractivity contribution is 6.35. The molecule has 0 amide bonds. The van der Waals surface area contributed by atoms with E-state index in [9.17, 15) is 0 Å². The van der Waals surface area contributed by atoms with Gasteiger partial charge in [-0.15, -0.1) is 0 Å². The van der Waals surface area contributed by atoms with Gasteiger partial charge >= 0.3 is 0 Å². The lowest BCUT2D eigenvalue weighted by atomic mass is 10.2. The Kier molecular flexibility index (Phi) is 1.79. The smallest absolute Gasteiger partial charge is 0.0703 e. The van der Waals surface area contributed by atoms with Crippen molar-refractivity contribution in [2.24, 2.45) is 0 Å². The van der Waals surface area contributed by atoms with Gasteiger partial charge in [0.2, 0.25) is 0 Å². The summed E-state index contributed by atoms with van der Waals surface area (Å²) < 4.78 is 0. The molecule has 0 aliphatic rings. The second-order valence-corrected chi connectivity index (χ2v) is 3.04. The Labute approximate surface area is 74.8 Å². The largest absolute Gasteiger partial charge is 0.392 e. The van der Waals surface area contributed by atoms with Gasteiger partial charge in [0.25, 0.3) is 0 Å². The minimum Gasteiger partial charge on any atom is -0.392 e. The molecule has 62 valence electrons. The van der Waals surface area contributed by atoms with Crippen molar-refractivity contribution in [1.29, 1.82) is 0 Å². The SMILES string of the molecule is OCc1c[nH]c2cccc(Cl)c12. The number of nitrogens with one attached hydrogen (secondary N) is 1. The Morgan fingerprint density at radius 2 is 2.25 bits per heavy atom. The van der Waals surface area contributed by atoms with E-state index in [1.54, 1.807) is 6.20 Å². The first-order valence-corrected chi connectivity index (χ1v) is 4.06. The molecular formula is C9H8ClNO. The topological polar surface area (TPSA) is 36.0 Å². The second kappa shape index (κ2) is 2.81. The maximum atomic E-state index is 8.97. The number of H-pyrrole nitrogens is 1. The maximum Gasteiger partial charge on any atom is 0.0703 e. The minimum atomic E-state index is 0.0176. The van der Waals surface area contributed by atoms with Crippen molar-refractivity contribution in [3.63, 3.8) is 0 Å². The predicted molar refractivity (Wildman–Crippen MR) is 49.2 cm³/mol. The molecule has 1 heterocycles. The number of rotatable bonds is 1. The number of hydrogen-bond acceptors (Lipinski definition) is 1. The summed E-state index contributed by atoms with van der Waals surface area (Å²) >= 11 is 5.95. The van der Waals surface area contributed by atoms with Crippen LogP contribution in [0.3, 0.4) is 0 Å². The lowest BCUT2D eigenvalue weighted by Gasteiger charge is -1.95. The van der Waals surface area contributed by atoms with Crippen LogP contribution in [-0.4, -0.2) is 10.1 Å². The zero-order valence-corrected chi connectivity index (χ0v) is 7.10. The standard InChI is InChI=1S/C9H8ClNO/c10-7-2-1-3-8-9(7)6(5-12)4-11-8/h1-4,11-12H,5H2. The van der Waals surface area contributed by atoms with Crippen LogP contribution < -0.4 is 0 Å². The van der Waals surface area contributed by atoms with Gasteiger partial charge in [-0.05, 0) is 12.1 Å². The van der Waals surface area contributed by atoms with Gasteiger partial charge in [-0.1, -0.05) is 17.7 Å². The first-order valence-electron chi connectivity index (χ1n) is 3.68. The molecule has 0 fully saturated rings. The average molecular weight is 182 g/mol. The molecule has 0 saturated carbocycles. The van der Waals surface area contributed by atoms with Crippen LogP contribution in [0.2, 0.25) is 5.02 Å². The van der Waals surface area contributed by atoms with E-state index in [1.165, 1.54) is 0 Å². The molecule has 12 heavy (non-hydrogen) atoms. The molecular weight excluding hydrogens is 174 g/mol. The summed E-state index contributed by atoms with van der Waals surface area (Å²) in [5.41, 5.74) is 1.81. The van der Waals surface area contributed by atoms with Gasteiger partial charge < -0.3 is 10.1 Å². The third-order valence-electron chi connectivity index (χ3n) is 1.91. The van der Waals surface area contributed by atoms with E-state index in [0.717, 1.165) is 16.5 Å². The highest BCUT2D eigenvalue weighted by atomic mass is 35.5. The lowest BCUT2D eigenvalue weighted by molar-refractivity contribution is 0.283. The molecule has 1 aromatic carbocycles. The summed E-state index contributed by atoms with van der Waals surface area (Å²) in [6.07, 6.45) is 1.77. The Balaban J connectivity index is 2.83. The fraction of sp³-hybridized carbons (Fsp3) is 0.111. The van der Waals surface area contributed by atoms with E-state index in [1.807, 2.05) is 18.2 Å². The molecule has 0 aliphatic carbocycles. The van der Waals surface area contributed by atoms with Gasteiger partial charge in [-0.3, -0.25) is 0 Å². The van der Waals surface area contributed by atoms with E-state index in [2.05, 4.69) is 4.98 Å². The molecule has 0 saturated heterocycles. The van der Waals surface area contributed by atoms with E-state index in [4.69, 9.17) is 16.7 Å². The Morgan fingerprint density at radius 1 is 1.42 bits per heavy atom. The molecule has 2 nitrogen and oxygen atoms in total. The van der Waals surface area contributed by atoms with Crippen LogP contribution in [0.25, 0.3) is 10.9 Å². The van der Waals surface area contributed by atoms with Crippen LogP contribution in [0, 0.1) is 0 Å². The van der Waals surface area contributed by atoms with Crippen molar-refractivity contribution in [3.8, 4) is 0 Å².